The van der Waals surface area contributed by atoms with E-state index in [0.717, 1.165) is 12.0 Å². The third-order valence-corrected chi connectivity index (χ3v) is 2.30. The molecule has 0 aromatic carbocycles. The van der Waals surface area contributed by atoms with Crippen LogP contribution in [0.3, 0.4) is 0 Å². The van der Waals surface area contributed by atoms with Crippen LogP contribution in [0.4, 0.5) is 0 Å². The molecular weight excluding hydrogens is 246 g/mol. The molecule has 0 saturated carbocycles. The molecule has 3 nitrogen and oxygen atoms in total. The van der Waals surface area contributed by atoms with Crippen molar-refractivity contribution in [2.24, 2.45) is 7.05 Å². The van der Waals surface area contributed by atoms with Crippen LogP contribution in [-0.4, -0.2) is 22.5 Å². The molecule has 0 fully saturated rings. The monoisotopic (exact) mass is 259 g/mol. The fourth-order valence-electron chi connectivity index (χ4n) is 1.38. The summed E-state index contributed by atoms with van der Waals surface area (Å²) >= 11 is 3.47. The number of esters is 1. The second-order valence-corrected chi connectivity index (χ2v) is 4.88. The SMILES string of the molecule is COC(=O)c1cc(CC(C)Br)cn1C. The Morgan fingerprint density at radius 3 is 2.86 bits per heavy atom. The minimum Gasteiger partial charge on any atom is -0.464 e. The molecule has 0 aliphatic rings. The lowest BCUT2D eigenvalue weighted by Gasteiger charge is -1.98. The van der Waals surface area contributed by atoms with Gasteiger partial charge in [-0.15, -0.1) is 0 Å². The van der Waals surface area contributed by atoms with E-state index in [-0.39, 0.29) is 5.97 Å². The van der Waals surface area contributed by atoms with Gasteiger partial charge in [0.1, 0.15) is 5.69 Å². The normalized spacial score (nSPS) is 12.6. The molecule has 1 rings (SSSR count). The van der Waals surface area contributed by atoms with E-state index in [1.54, 1.807) is 4.57 Å². The van der Waals surface area contributed by atoms with Crippen LogP contribution >= 0.6 is 15.9 Å². The van der Waals surface area contributed by atoms with E-state index in [1.165, 1.54) is 7.11 Å². The molecule has 1 unspecified atom stereocenters. The Balaban J connectivity index is 2.87. The Morgan fingerprint density at radius 1 is 1.71 bits per heavy atom. The van der Waals surface area contributed by atoms with E-state index in [4.69, 9.17) is 0 Å². The first-order chi connectivity index (χ1) is 6.54. The van der Waals surface area contributed by atoms with Crippen LogP contribution in [-0.2, 0) is 18.2 Å². The zero-order valence-electron chi connectivity index (χ0n) is 8.58. The molecule has 0 bridgehead atoms. The number of halogens is 1. The Morgan fingerprint density at radius 2 is 2.36 bits per heavy atom. The number of ether oxygens (including phenoxy) is 1. The molecule has 0 radical (unpaired) electrons. The average Bonchev–Trinajstić information content (AvgIpc) is 2.44. The van der Waals surface area contributed by atoms with Gasteiger partial charge in [-0.1, -0.05) is 22.9 Å². The van der Waals surface area contributed by atoms with Crippen molar-refractivity contribution in [1.29, 1.82) is 0 Å². The Kier molecular flexibility index (Phi) is 3.75. The fourth-order valence-corrected chi connectivity index (χ4v) is 1.75. The Bertz CT molecular complexity index is 331. The van der Waals surface area contributed by atoms with Gasteiger partial charge in [0.25, 0.3) is 0 Å². The van der Waals surface area contributed by atoms with Gasteiger partial charge < -0.3 is 9.30 Å². The predicted molar refractivity (Wildman–Crippen MR) is 58.8 cm³/mol. The van der Waals surface area contributed by atoms with E-state index in [2.05, 4.69) is 27.6 Å². The van der Waals surface area contributed by atoms with E-state index in [1.807, 2.05) is 19.3 Å². The van der Waals surface area contributed by atoms with Gasteiger partial charge >= 0.3 is 5.97 Å². The van der Waals surface area contributed by atoms with Crippen molar-refractivity contribution in [3.63, 3.8) is 0 Å². The van der Waals surface area contributed by atoms with Crippen molar-refractivity contribution in [3.05, 3.63) is 23.5 Å². The number of rotatable bonds is 3. The summed E-state index contributed by atoms with van der Waals surface area (Å²) in [4.78, 5) is 11.7. The first-order valence-corrected chi connectivity index (χ1v) is 5.33. The lowest BCUT2D eigenvalue weighted by molar-refractivity contribution is 0.0590. The summed E-state index contributed by atoms with van der Waals surface area (Å²) in [7, 11) is 3.23. The molecule has 78 valence electrons. The van der Waals surface area contributed by atoms with Crippen LogP contribution in [0, 0.1) is 0 Å². The predicted octanol–water partition coefficient (Wildman–Crippen LogP) is 2.14. The Labute approximate surface area is 92.2 Å². The molecule has 1 aromatic heterocycles. The molecule has 0 saturated heterocycles. The van der Waals surface area contributed by atoms with Crippen LogP contribution in [0.5, 0.6) is 0 Å². The summed E-state index contributed by atoms with van der Waals surface area (Å²) in [6.07, 6.45) is 2.86. The molecule has 0 aliphatic heterocycles. The van der Waals surface area contributed by atoms with Crippen LogP contribution < -0.4 is 0 Å². The molecule has 0 amide bonds. The minimum atomic E-state index is -0.291. The number of hydrogen-bond acceptors (Lipinski definition) is 2. The standard InChI is InChI=1S/C10H14BrNO2/c1-7(11)4-8-5-9(10(13)14-3)12(2)6-8/h5-7H,4H2,1-3H3. The number of aryl methyl sites for hydroxylation is 1. The third kappa shape index (κ3) is 2.61. The van der Waals surface area contributed by atoms with Crippen molar-refractivity contribution in [2.75, 3.05) is 7.11 Å². The smallest absolute Gasteiger partial charge is 0.354 e. The lowest BCUT2D eigenvalue weighted by atomic mass is 10.2. The van der Waals surface area contributed by atoms with Gasteiger partial charge in [-0.3, -0.25) is 0 Å². The van der Waals surface area contributed by atoms with E-state index < -0.39 is 0 Å². The van der Waals surface area contributed by atoms with Crippen LogP contribution in [0.2, 0.25) is 0 Å². The number of hydrogen-bond donors (Lipinski definition) is 0. The summed E-state index contributed by atoms with van der Waals surface area (Å²) < 4.78 is 6.45. The van der Waals surface area contributed by atoms with Crippen molar-refractivity contribution in [3.8, 4) is 0 Å². The van der Waals surface area contributed by atoms with E-state index >= 15 is 0 Å². The molecule has 4 heteroatoms. The van der Waals surface area contributed by atoms with Crippen molar-refractivity contribution >= 4 is 21.9 Å². The molecular formula is C10H14BrNO2. The second-order valence-electron chi connectivity index (χ2n) is 3.32. The van der Waals surface area contributed by atoms with Gasteiger partial charge in [-0.2, -0.15) is 0 Å². The number of carbonyl (C=O) groups excluding carboxylic acids is 1. The first-order valence-electron chi connectivity index (χ1n) is 4.42. The topological polar surface area (TPSA) is 31.2 Å². The molecule has 1 aromatic rings. The van der Waals surface area contributed by atoms with Gasteiger partial charge in [-0.25, -0.2) is 4.79 Å². The first kappa shape index (κ1) is 11.3. The van der Waals surface area contributed by atoms with Gasteiger partial charge in [0.05, 0.1) is 7.11 Å². The van der Waals surface area contributed by atoms with Gasteiger partial charge in [0.2, 0.25) is 0 Å². The van der Waals surface area contributed by atoms with Gasteiger partial charge in [0.15, 0.2) is 0 Å². The average molecular weight is 260 g/mol. The summed E-state index contributed by atoms with van der Waals surface area (Å²) in [6.45, 7) is 2.07. The van der Waals surface area contributed by atoms with Crippen molar-refractivity contribution in [1.82, 2.24) is 4.57 Å². The number of nitrogens with zero attached hydrogens (tertiary/aromatic N) is 1. The van der Waals surface area contributed by atoms with E-state index in [0.29, 0.717) is 10.5 Å². The fraction of sp³-hybridized carbons (Fsp3) is 0.500. The minimum absolute atomic E-state index is 0.291. The molecule has 14 heavy (non-hydrogen) atoms. The van der Waals surface area contributed by atoms with E-state index in [9.17, 15) is 4.79 Å². The summed E-state index contributed by atoms with van der Waals surface area (Å²) in [5, 5.41) is 0. The zero-order valence-corrected chi connectivity index (χ0v) is 10.2. The molecule has 0 spiro atoms. The maximum atomic E-state index is 11.3. The molecule has 0 aliphatic carbocycles. The van der Waals surface area contributed by atoms with Gasteiger partial charge in [0, 0.05) is 18.1 Å². The van der Waals surface area contributed by atoms with Gasteiger partial charge in [-0.05, 0) is 18.1 Å². The summed E-state index contributed by atoms with van der Waals surface area (Å²) in [6, 6.07) is 1.86. The lowest BCUT2D eigenvalue weighted by Crippen LogP contribution is -2.06. The molecule has 1 atom stereocenters. The van der Waals surface area contributed by atoms with Crippen molar-refractivity contribution in [2.45, 2.75) is 18.2 Å². The number of methoxy groups -OCH3 is 1. The third-order valence-electron chi connectivity index (χ3n) is 1.97. The maximum absolute atomic E-state index is 11.3. The van der Waals surface area contributed by atoms with Crippen LogP contribution in [0.25, 0.3) is 0 Å². The highest BCUT2D eigenvalue weighted by molar-refractivity contribution is 9.09. The summed E-state index contributed by atoms with van der Waals surface area (Å²) in [5.74, 6) is -0.291. The zero-order chi connectivity index (χ0) is 10.7. The highest BCUT2D eigenvalue weighted by Gasteiger charge is 2.12. The van der Waals surface area contributed by atoms with Crippen LogP contribution in [0.15, 0.2) is 12.3 Å². The number of alkyl halides is 1. The summed E-state index contributed by atoms with van der Waals surface area (Å²) in [5.41, 5.74) is 1.73. The highest BCUT2D eigenvalue weighted by Crippen LogP contribution is 2.13. The Hall–Kier alpha value is -0.770. The number of aromatic nitrogens is 1. The largest absolute Gasteiger partial charge is 0.464 e. The number of carbonyl (C=O) groups is 1. The van der Waals surface area contributed by atoms with Crippen LogP contribution in [0.1, 0.15) is 23.0 Å². The molecule has 1 heterocycles. The maximum Gasteiger partial charge on any atom is 0.354 e. The second kappa shape index (κ2) is 4.64. The highest BCUT2D eigenvalue weighted by atomic mass is 79.9. The molecule has 0 N–H and O–H groups in total. The van der Waals surface area contributed by atoms with Crippen molar-refractivity contribution < 1.29 is 9.53 Å². The quantitative estimate of drug-likeness (QED) is 0.616.